The van der Waals surface area contributed by atoms with E-state index in [2.05, 4.69) is 0 Å². The molecular weight excluding hydrogens is 221 g/mol. The highest BCUT2D eigenvalue weighted by molar-refractivity contribution is 7.90. The molecule has 0 radical (unpaired) electrons. The number of alkyl halides is 3. The molecule has 0 aliphatic carbocycles. The number of rotatable bonds is 1. The van der Waals surface area contributed by atoms with E-state index in [1.165, 1.54) is 0 Å². The van der Waals surface area contributed by atoms with Gasteiger partial charge in [-0.2, -0.15) is 17.5 Å². The summed E-state index contributed by atoms with van der Waals surface area (Å²) in [6.45, 7) is -0.350. The summed E-state index contributed by atoms with van der Waals surface area (Å²) >= 11 is 0. The number of nitrogens with two attached hydrogens (primary N) is 1. The minimum absolute atomic E-state index is 0.102. The molecule has 8 heteroatoms. The first-order valence-corrected chi connectivity index (χ1v) is 5.51. The van der Waals surface area contributed by atoms with Crippen LogP contribution >= 0.6 is 0 Å². The first-order valence-electron chi connectivity index (χ1n) is 4.07. The minimum Gasteiger partial charge on any atom is -0.327 e. The summed E-state index contributed by atoms with van der Waals surface area (Å²) < 4.78 is 58.4. The normalized spacial score (nSPS) is 26.4. The summed E-state index contributed by atoms with van der Waals surface area (Å²) in [5.74, 6) is 0. The van der Waals surface area contributed by atoms with Crippen LogP contribution in [-0.4, -0.2) is 37.4 Å². The fourth-order valence-electron chi connectivity index (χ4n) is 1.34. The monoisotopic (exact) mass is 232 g/mol. The van der Waals surface area contributed by atoms with Gasteiger partial charge in [-0.3, -0.25) is 0 Å². The molecule has 1 saturated heterocycles. The van der Waals surface area contributed by atoms with Crippen LogP contribution in [-0.2, 0) is 10.0 Å². The summed E-state index contributed by atoms with van der Waals surface area (Å²) in [5.41, 5.74) is 0.173. The average molecular weight is 232 g/mol. The van der Waals surface area contributed by atoms with Crippen molar-refractivity contribution in [3.05, 3.63) is 0 Å². The van der Waals surface area contributed by atoms with Gasteiger partial charge in [-0.05, 0) is 12.8 Å². The molecule has 0 saturated carbocycles. The van der Waals surface area contributed by atoms with Crippen LogP contribution in [0.5, 0.6) is 0 Å². The number of hydrogen-bond acceptors (Lipinski definition) is 3. The zero-order chi connectivity index (χ0) is 11.0. The van der Waals surface area contributed by atoms with E-state index < -0.39 is 21.6 Å². The first-order chi connectivity index (χ1) is 6.25. The van der Waals surface area contributed by atoms with E-state index in [0.29, 0.717) is 17.1 Å². The maximum absolute atomic E-state index is 12.1. The minimum atomic E-state index is -5.22. The summed E-state index contributed by atoms with van der Waals surface area (Å²) in [4.78, 5) is 0. The number of sulfonamides is 1. The van der Waals surface area contributed by atoms with Gasteiger partial charge in [-0.1, -0.05) is 0 Å². The SMILES string of the molecule is N[C@@H]1CCCN(S(=O)(=O)C(F)(F)F)C1. The van der Waals surface area contributed by atoms with E-state index in [1.54, 1.807) is 0 Å². The van der Waals surface area contributed by atoms with Gasteiger partial charge in [-0.25, -0.2) is 8.42 Å². The molecule has 0 aromatic rings. The Balaban J connectivity index is 2.83. The Labute approximate surface area is 79.9 Å². The number of hydrogen-bond donors (Lipinski definition) is 1. The van der Waals surface area contributed by atoms with Gasteiger partial charge in [0.2, 0.25) is 0 Å². The molecule has 1 heterocycles. The van der Waals surface area contributed by atoms with E-state index in [1.807, 2.05) is 0 Å². The molecule has 1 rings (SSSR count). The van der Waals surface area contributed by atoms with E-state index >= 15 is 0 Å². The van der Waals surface area contributed by atoms with Crippen molar-refractivity contribution in [2.45, 2.75) is 24.4 Å². The quantitative estimate of drug-likeness (QED) is 0.705. The van der Waals surface area contributed by atoms with Gasteiger partial charge < -0.3 is 5.73 Å². The smallest absolute Gasteiger partial charge is 0.327 e. The van der Waals surface area contributed by atoms with Crippen molar-refractivity contribution in [2.24, 2.45) is 5.73 Å². The largest absolute Gasteiger partial charge is 0.511 e. The molecular formula is C6H11F3N2O2S. The van der Waals surface area contributed by atoms with Crippen LogP contribution in [0.3, 0.4) is 0 Å². The Morgan fingerprint density at radius 1 is 1.36 bits per heavy atom. The lowest BCUT2D eigenvalue weighted by atomic mass is 10.1. The third-order valence-corrected chi connectivity index (χ3v) is 3.65. The van der Waals surface area contributed by atoms with Crippen molar-refractivity contribution < 1.29 is 21.6 Å². The average Bonchev–Trinajstić information content (AvgIpc) is 2.02. The van der Waals surface area contributed by atoms with Crippen molar-refractivity contribution in [3.63, 3.8) is 0 Å². The van der Waals surface area contributed by atoms with Crippen LogP contribution in [0.15, 0.2) is 0 Å². The van der Waals surface area contributed by atoms with Crippen molar-refractivity contribution in [2.75, 3.05) is 13.1 Å². The lowest BCUT2D eigenvalue weighted by Crippen LogP contribution is -2.49. The zero-order valence-corrected chi connectivity index (χ0v) is 8.11. The maximum Gasteiger partial charge on any atom is 0.511 e. The molecule has 0 aromatic heterocycles. The van der Waals surface area contributed by atoms with Crippen LogP contribution in [0.25, 0.3) is 0 Å². The van der Waals surface area contributed by atoms with Gasteiger partial charge >= 0.3 is 15.5 Å². The van der Waals surface area contributed by atoms with Crippen molar-refractivity contribution in [1.82, 2.24) is 4.31 Å². The first kappa shape index (κ1) is 11.7. The number of halogens is 3. The summed E-state index contributed by atoms with van der Waals surface area (Å²) in [6.07, 6.45) is 0.931. The predicted molar refractivity (Wildman–Crippen MR) is 43.8 cm³/mol. The summed E-state index contributed by atoms with van der Waals surface area (Å²) in [7, 11) is -5.18. The van der Waals surface area contributed by atoms with Gasteiger partial charge in [0.15, 0.2) is 0 Å². The molecule has 0 bridgehead atoms. The van der Waals surface area contributed by atoms with Crippen molar-refractivity contribution in [3.8, 4) is 0 Å². The Morgan fingerprint density at radius 3 is 2.36 bits per heavy atom. The molecule has 1 aliphatic rings. The molecule has 1 aliphatic heterocycles. The van der Waals surface area contributed by atoms with Crippen LogP contribution in [0.1, 0.15) is 12.8 Å². The van der Waals surface area contributed by atoms with E-state index in [0.717, 1.165) is 0 Å². The van der Waals surface area contributed by atoms with E-state index in [9.17, 15) is 21.6 Å². The molecule has 1 atom stereocenters. The van der Waals surface area contributed by atoms with E-state index in [4.69, 9.17) is 5.73 Å². The number of piperidine rings is 1. The lowest BCUT2D eigenvalue weighted by molar-refractivity contribution is -0.0494. The second-order valence-electron chi connectivity index (χ2n) is 3.21. The highest BCUT2D eigenvalue weighted by atomic mass is 32.2. The fourth-order valence-corrected chi connectivity index (χ4v) is 2.39. The Morgan fingerprint density at radius 2 is 1.93 bits per heavy atom. The molecule has 14 heavy (non-hydrogen) atoms. The van der Waals surface area contributed by atoms with Crippen LogP contribution in [0, 0.1) is 0 Å². The summed E-state index contributed by atoms with van der Waals surface area (Å²) in [6, 6.07) is -0.499. The Bertz CT molecular complexity index is 301. The lowest BCUT2D eigenvalue weighted by Gasteiger charge is -2.30. The van der Waals surface area contributed by atoms with Crippen LogP contribution in [0.2, 0.25) is 0 Å². The molecule has 0 aromatic carbocycles. The standard InChI is InChI=1S/C6H11F3N2O2S/c7-6(8,9)14(12,13)11-3-1-2-5(10)4-11/h5H,1-4,10H2/t5-/m1/s1. The molecule has 84 valence electrons. The second-order valence-corrected chi connectivity index (χ2v) is 5.14. The number of nitrogens with zero attached hydrogens (tertiary/aromatic N) is 1. The van der Waals surface area contributed by atoms with Gasteiger partial charge in [0.25, 0.3) is 0 Å². The highest BCUT2D eigenvalue weighted by Crippen LogP contribution is 2.28. The van der Waals surface area contributed by atoms with Crippen LogP contribution < -0.4 is 5.73 Å². The molecule has 2 N–H and O–H groups in total. The molecule has 0 spiro atoms. The fraction of sp³-hybridized carbons (Fsp3) is 1.00. The molecule has 0 amide bonds. The Kier molecular flexibility index (Phi) is 3.07. The summed E-state index contributed by atoms with van der Waals surface area (Å²) in [5, 5.41) is 0. The molecule has 1 fully saturated rings. The molecule has 4 nitrogen and oxygen atoms in total. The molecule has 0 unspecified atom stereocenters. The Hall–Kier alpha value is -0.340. The third kappa shape index (κ3) is 2.18. The van der Waals surface area contributed by atoms with E-state index in [-0.39, 0.29) is 13.1 Å². The van der Waals surface area contributed by atoms with Gasteiger partial charge in [0, 0.05) is 19.1 Å². The van der Waals surface area contributed by atoms with Gasteiger partial charge in [-0.15, -0.1) is 0 Å². The second kappa shape index (κ2) is 3.67. The predicted octanol–water partition coefficient (Wildman–Crippen LogP) is 0.259. The topological polar surface area (TPSA) is 63.4 Å². The van der Waals surface area contributed by atoms with Gasteiger partial charge in [0.05, 0.1) is 0 Å². The van der Waals surface area contributed by atoms with Crippen LogP contribution in [0.4, 0.5) is 13.2 Å². The van der Waals surface area contributed by atoms with Gasteiger partial charge in [0.1, 0.15) is 0 Å². The zero-order valence-electron chi connectivity index (χ0n) is 7.29. The highest BCUT2D eigenvalue weighted by Gasteiger charge is 2.50. The van der Waals surface area contributed by atoms with Crippen molar-refractivity contribution in [1.29, 1.82) is 0 Å². The van der Waals surface area contributed by atoms with Crippen molar-refractivity contribution >= 4 is 10.0 Å². The maximum atomic E-state index is 12.1. The third-order valence-electron chi connectivity index (χ3n) is 2.05.